The zero-order valence-corrected chi connectivity index (χ0v) is 12.2. The van der Waals surface area contributed by atoms with Crippen molar-refractivity contribution in [2.75, 3.05) is 13.2 Å². The van der Waals surface area contributed by atoms with Crippen molar-refractivity contribution in [2.24, 2.45) is 5.73 Å². The molecular weight excluding hydrogens is 252 g/mol. The van der Waals surface area contributed by atoms with E-state index in [2.05, 4.69) is 4.72 Å². The summed E-state index contributed by atoms with van der Waals surface area (Å²) in [5.41, 5.74) is 5.82. The van der Waals surface area contributed by atoms with Gasteiger partial charge in [0.25, 0.3) is 0 Å². The summed E-state index contributed by atoms with van der Waals surface area (Å²) in [4.78, 5) is 0. The van der Waals surface area contributed by atoms with Crippen molar-refractivity contribution in [1.82, 2.24) is 4.72 Å². The van der Waals surface area contributed by atoms with Gasteiger partial charge in [-0.05, 0) is 46.0 Å². The molecule has 1 rings (SSSR count). The summed E-state index contributed by atoms with van der Waals surface area (Å²) in [5.74, 6) is 0. The minimum atomic E-state index is -3.13. The molecule has 0 aromatic rings. The van der Waals surface area contributed by atoms with E-state index >= 15 is 0 Å². The van der Waals surface area contributed by atoms with Gasteiger partial charge in [-0.2, -0.15) is 0 Å². The molecule has 5 nitrogen and oxygen atoms in total. The third-order valence-electron chi connectivity index (χ3n) is 3.32. The fraction of sp³-hybridized carbons (Fsp3) is 1.00. The highest BCUT2D eigenvalue weighted by atomic mass is 32.2. The molecule has 0 heterocycles. The van der Waals surface area contributed by atoms with Crippen LogP contribution in [0, 0.1) is 0 Å². The lowest BCUT2D eigenvalue weighted by Crippen LogP contribution is -2.33. The molecule has 1 aliphatic carbocycles. The summed E-state index contributed by atoms with van der Waals surface area (Å²) < 4.78 is 31.2. The summed E-state index contributed by atoms with van der Waals surface area (Å²) >= 11 is 0. The molecule has 1 saturated carbocycles. The molecule has 0 saturated heterocycles. The van der Waals surface area contributed by atoms with Crippen molar-refractivity contribution >= 4 is 10.0 Å². The molecule has 0 atom stereocenters. The quantitative estimate of drug-likeness (QED) is 0.681. The van der Waals surface area contributed by atoms with Gasteiger partial charge in [0.1, 0.15) is 0 Å². The number of nitrogens with one attached hydrogen (secondary N) is 1. The van der Waals surface area contributed by atoms with Crippen LogP contribution in [0.5, 0.6) is 0 Å². The van der Waals surface area contributed by atoms with Crippen molar-refractivity contribution in [1.29, 1.82) is 0 Å². The van der Waals surface area contributed by atoms with Crippen LogP contribution in [0.4, 0.5) is 0 Å². The Morgan fingerprint density at radius 3 is 2.44 bits per heavy atom. The molecule has 0 bridgehead atoms. The van der Waals surface area contributed by atoms with Crippen molar-refractivity contribution in [2.45, 2.75) is 63.3 Å². The van der Waals surface area contributed by atoms with Gasteiger partial charge in [0.2, 0.25) is 10.0 Å². The summed E-state index contributed by atoms with van der Waals surface area (Å²) in [7, 11) is -3.13. The van der Waals surface area contributed by atoms with Crippen LogP contribution in [-0.4, -0.2) is 39.0 Å². The zero-order valence-electron chi connectivity index (χ0n) is 11.4. The molecule has 18 heavy (non-hydrogen) atoms. The zero-order chi connectivity index (χ0) is 13.6. The van der Waals surface area contributed by atoms with Crippen LogP contribution in [0.2, 0.25) is 0 Å². The Bertz CT molecular complexity index is 322. The van der Waals surface area contributed by atoms with Crippen LogP contribution in [0.25, 0.3) is 0 Å². The first-order valence-corrected chi connectivity index (χ1v) is 8.32. The summed E-state index contributed by atoms with van der Waals surface area (Å²) in [5, 5.41) is -0.377. The maximum absolute atomic E-state index is 11.5. The molecule has 0 aromatic carbocycles. The van der Waals surface area contributed by atoms with E-state index in [4.69, 9.17) is 10.5 Å². The Morgan fingerprint density at radius 2 is 1.89 bits per heavy atom. The Balaban J connectivity index is 2.06. The molecule has 0 amide bonds. The van der Waals surface area contributed by atoms with E-state index in [9.17, 15) is 8.42 Å². The molecule has 6 heteroatoms. The largest absolute Gasteiger partial charge is 0.378 e. The van der Waals surface area contributed by atoms with Gasteiger partial charge in [-0.25, -0.2) is 13.1 Å². The Morgan fingerprint density at radius 1 is 1.28 bits per heavy atom. The normalized spacial score (nSPS) is 25.6. The van der Waals surface area contributed by atoms with E-state index in [1.54, 1.807) is 13.8 Å². The van der Waals surface area contributed by atoms with E-state index in [0.29, 0.717) is 31.7 Å². The number of nitrogens with two attached hydrogens (primary N) is 1. The minimum absolute atomic E-state index is 0.312. The number of rotatable bonds is 7. The average molecular weight is 278 g/mol. The highest BCUT2D eigenvalue weighted by Crippen LogP contribution is 2.19. The standard InChI is InChI=1S/C12H26N2O3S/c1-10(2)18(15,16)14-8-3-9-17-12-6-4-11(13)5-7-12/h10-12,14H,3-9,13H2,1-2H3. The highest BCUT2D eigenvalue weighted by molar-refractivity contribution is 7.90. The van der Waals surface area contributed by atoms with Gasteiger partial charge in [0.15, 0.2) is 0 Å². The third-order valence-corrected chi connectivity index (χ3v) is 5.17. The van der Waals surface area contributed by atoms with Crippen molar-refractivity contribution < 1.29 is 13.2 Å². The molecule has 0 radical (unpaired) electrons. The van der Waals surface area contributed by atoms with Crippen molar-refractivity contribution in [3.63, 3.8) is 0 Å². The lowest BCUT2D eigenvalue weighted by molar-refractivity contribution is 0.0245. The first kappa shape index (κ1) is 15.9. The van der Waals surface area contributed by atoms with Gasteiger partial charge in [-0.3, -0.25) is 0 Å². The maximum atomic E-state index is 11.5. The van der Waals surface area contributed by atoms with Crippen molar-refractivity contribution in [3.05, 3.63) is 0 Å². The second kappa shape index (κ2) is 7.43. The van der Waals surface area contributed by atoms with Crippen LogP contribution in [0.3, 0.4) is 0 Å². The fourth-order valence-corrected chi connectivity index (χ4v) is 2.72. The van der Waals surface area contributed by atoms with Gasteiger partial charge in [-0.1, -0.05) is 0 Å². The molecule has 0 spiro atoms. The molecule has 0 aromatic heterocycles. The fourth-order valence-electron chi connectivity index (χ4n) is 1.96. The SMILES string of the molecule is CC(C)S(=O)(=O)NCCCOC1CCC(N)CC1. The lowest BCUT2D eigenvalue weighted by atomic mass is 9.94. The maximum Gasteiger partial charge on any atom is 0.213 e. The van der Waals surface area contributed by atoms with Gasteiger partial charge in [-0.15, -0.1) is 0 Å². The van der Waals surface area contributed by atoms with Gasteiger partial charge in [0, 0.05) is 19.2 Å². The predicted molar refractivity (Wildman–Crippen MR) is 72.9 cm³/mol. The summed E-state index contributed by atoms with van der Waals surface area (Å²) in [6, 6.07) is 0.336. The van der Waals surface area contributed by atoms with E-state index in [-0.39, 0.29) is 5.25 Å². The predicted octanol–water partition coefficient (Wildman–Crippen LogP) is 0.991. The molecule has 0 unspecified atom stereocenters. The highest BCUT2D eigenvalue weighted by Gasteiger charge is 2.19. The Kier molecular flexibility index (Phi) is 6.55. The number of ether oxygens (including phenoxy) is 1. The Hall–Kier alpha value is -0.170. The number of hydrogen-bond acceptors (Lipinski definition) is 4. The van der Waals surface area contributed by atoms with Gasteiger partial charge in [0.05, 0.1) is 11.4 Å². The first-order valence-electron chi connectivity index (χ1n) is 6.77. The van der Waals surface area contributed by atoms with E-state index in [0.717, 1.165) is 25.7 Å². The molecule has 3 N–H and O–H groups in total. The summed E-state index contributed by atoms with van der Waals surface area (Å²) in [6.07, 6.45) is 5.15. The Labute approximate surface area is 111 Å². The minimum Gasteiger partial charge on any atom is -0.378 e. The average Bonchev–Trinajstić information content (AvgIpc) is 2.31. The smallest absolute Gasteiger partial charge is 0.213 e. The van der Waals surface area contributed by atoms with E-state index < -0.39 is 10.0 Å². The second-order valence-corrected chi connectivity index (χ2v) is 7.57. The molecule has 1 aliphatic rings. The third kappa shape index (κ3) is 5.65. The molecule has 1 fully saturated rings. The van der Waals surface area contributed by atoms with Gasteiger partial charge < -0.3 is 10.5 Å². The van der Waals surface area contributed by atoms with Crippen LogP contribution in [0.1, 0.15) is 46.0 Å². The van der Waals surface area contributed by atoms with E-state index in [1.165, 1.54) is 0 Å². The number of sulfonamides is 1. The molecule has 0 aliphatic heterocycles. The monoisotopic (exact) mass is 278 g/mol. The van der Waals surface area contributed by atoms with Crippen LogP contribution in [0.15, 0.2) is 0 Å². The number of hydrogen-bond donors (Lipinski definition) is 2. The van der Waals surface area contributed by atoms with E-state index in [1.807, 2.05) is 0 Å². The van der Waals surface area contributed by atoms with Gasteiger partial charge >= 0.3 is 0 Å². The van der Waals surface area contributed by atoms with Crippen LogP contribution in [-0.2, 0) is 14.8 Å². The molecular formula is C12H26N2O3S. The lowest BCUT2D eigenvalue weighted by Gasteiger charge is -2.26. The summed E-state index contributed by atoms with van der Waals surface area (Å²) in [6.45, 7) is 4.40. The molecule has 108 valence electrons. The van der Waals surface area contributed by atoms with Crippen molar-refractivity contribution in [3.8, 4) is 0 Å². The van der Waals surface area contributed by atoms with Crippen LogP contribution < -0.4 is 10.5 Å². The second-order valence-electron chi connectivity index (χ2n) is 5.25. The topological polar surface area (TPSA) is 81.4 Å². The first-order chi connectivity index (χ1) is 8.42. The van der Waals surface area contributed by atoms with Crippen LogP contribution >= 0.6 is 0 Å².